The Labute approximate surface area is 142 Å². The molecule has 0 saturated carbocycles. The summed E-state index contributed by atoms with van der Waals surface area (Å²) >= 11 is 0. The summed E-state index contributed by atoms with van der Waals surface area (Å²) in [4.78, 5) is 40.9. The van der Waals surface area contributed by atoms with Gasteiger partial charge in [0.25, 0.3) is 5.91 Å². The molecule has 1 atom stereocenters. The van der Waals surface area contributed by atoms with Crippen LogP contribution < -0.4 is 0 Å². The number of hydrogen-bond donors (Lipinski definition) is 0. The number of Topliss-reactive ketones (excluding diaryl/α,β-unsaturated/α-hetero) is 1. The normalized spacial score (nSPS) is 21.0. The van der Waals surface area contributed by atoms with Crippen molar-refractivity contribution in [2.24, 2.45) is 5.92 Å². The Morgan fingerprint density at radius 3 is 2.21 bits per heavy atom. The number of likely N-dealkylation sites (tertiary alicyclic amines) is 2. The molecule has 1 aromatic rings. The van der Waals surface area contributed by atoms with Gasteiger partial charge < -0.3 is 9.80 Å². The minimum absolute atomic E-state index is 0.106. The summed E-state index contributed by atoms with van der Waals surface area (Å²) in [5, 5.41) is 0. The molecule has 0 N–H and O–H groups in total. The number of hydrogen-bond acceptors (Lipinski definition) is 3. The van der Waals surface area contributed by atoms with Crippen LogP contribution in [0.4, 0.5) is 0 Å². The van der Waals surface area contributed by atoms with Crippen LogP contribution in [0.2, 0.25) is 0 Å². The highest BCUT2D eigenvalue weighted by atomic mass is 16.2. The molecule has 3 rings (SSSR count). The maximum Gasteiger partial charge on any atom is 0.254 e. The largest absolute Gasteiger partial charge is 0.342 e. The number of amides is 2. The first-order chi connectivity index (χ1) is 11.6. The Morgan fingerprint density at radius 2 is 1.54 bits per heavy atom. The summed E-state index contributed by atoms with van der Waals surface area (Å²) in [5.41, 5.74) is 0.898. The fourth-order valence-corrected chi connectivity index (χ4v) is 3.71. The van der Waals surface area contributed by atoms with E-state index >= 15 is 0 Å². The van der Waals surface area contributed by atoms with Crippen molar-refractivity contribution in [2.75, 3.05) is 26.2 Å². The molecule has 0 bridgehead atoms. The minimum Gasteiger partial charge on any atom is -0.342 e. The SMILES string of the molecule is CC(=O)c1ccccc1C(=O)N1CCCC(C(=O)N2CCCC2)C1. The molecule has 2 amide bonds. The van der Waals surface area contributed by atoms with Crippen molar-refractivity contribution < 1.29 is 14.4 Å². The highest BCUT2D eigenvalue weighted by Gasteiger charge is 2.33. The van der Waals surface area contributed by atoms with E-state index in [1.165, 1.54) is 6.92 Å². The zero-order chi connectivity index (χ0) is 17.1. The molecule has 5 heteroatoms. The third-order valence-electron chi connectivity index (χ3n) is 5.01. The molecule has 2 aliphatic heterocycles. The molecule has 2 heterocycles. The van der Waals surface area contributed by atoms with Crippen LogP contribution in [0, 0.1) is 5.92 Å². The molecule has 0 aromatic heterocycles. The van der Waals surface area contributed by atoms with Crippen LogP contribution in [-0.4, -0.2) is 53.6 Å². The Balaban J connectivity index is 1.74. The van der Waals surface area contributed by atoms with E-state index in [9.17, 15) is 14.4 Å². The number of piperidine rings is 1. The summed E-state index contributed by atoms with van der Waals surface area (Å²) in [6, 6.07) is 6.93. The standard InChI is InChI=1S/C19H24N2O3/c1-14(22)16-8-2-3-9-17(16)19(24)21-12-6-7-15(13-21)18(23)20-10-4-5-11-20/h2-3,8-9,15H,4-7,10-13H2,1H3. The van der Waals surface area contributed by atoms with E-state index < -0.39 is 0 Å². The zero-order valence-corrected chi connectivity index (χ0v) is 14.2. The average molecular weight is 328 g/mol. The smallest absolute Gasteiger partial charge is 0.254 e. The number of ketones is 1. The van der Waals surface area contributed by atoms with E-state index in [1.807, 2.05) is 4.90 Å². The molecule has 2 saturated heterocycles. The van der Waals surface area contributed by atoms with Crippen molar-refractivity contribution in [1.29, 1.82) is 0 Å². The van der Waals surface area contributed by atoms with Gasteiger partial charge in [-0.1, -0.05) is 18.2 Å². The second-order valence-corrected chi connectivity index (χ2v) is 6.72. The number of carbonyl (C=O) groups excluding carboxylic acids is 3. The number of benzene rings is 1. The van der Waals surface area contributed by atoms with Crippen LogP contribution in [0.5, 0.6) is 0 Å². The van der Waals surface area contributed by atoms with E-state index in [0.717, 1.165) is 38.8 Å². The lowest BCUT2D eigenvalue weighted by Crippen LogP contribution is -2.46. The molecule has 1 unspecified atom stereocenters. The topological polar surface area (TPSA) is 57.7 Å². The predicted octanol–water partition coefficient (Wildman–Crippen LogP) is 2.36. The van der Waals surface area contributed by atoms with E-state index in [4.69, 9.17) is 0 Å². The first-order valence-electron chi connectivity index (χ1n) is 8.76. The fraction of sp³-hybridized carbons (Fsp3) is 0.526. The van der Waals surface area contributed by atoms with Crippen molar-refractivity contribution in [2.45, 2.75) is 32.6 Å². The molecule has 5 nitrogen and oxygen atoms in total. The van der Waals surface area contributed by atoms with E-state index in [-0.39, 0.29) is 23.5 Å². The van der Waals surface area contributed by atoms with Crippen molar-refractivity contribution in [3.8, 4) is 0 Å². The van der Waals surface area contributed by atoms with Crippen molar-refractivity contribution in [3.05, 3.63) is 35.4 Å². The summed E-state index contributed by atoms with van der Waals surface area (Å²) in [6.07, 6.45) is 3.83. The molecule has 2 fully saturated rings. The Kier molecular flexibility index (Phi) is 4.97. The lowest BCUT2D eigenvalue weighted by molar-refractivity contribution is -0.135. The zero-order valence-electron chi connectivity index (χ0n) is 14.2. The van der Waals surface area contributed by atoms with Crippen molar-refractivity contribution >= 4 is 17.6 Å². The van der Waals surface area contributed by atoms with E-state index in [0.29, 0.717) is 24.2 Å². The van der Waals surface area contributed by atoms with Gasteiger partial charge in [0.2, 0.25) is 5.91 Å². The van der Waals surface area contributed by atoms with Gasteiger partial charge >= 0.3 is 0 Å². The maximum absolute atomic E-state index is 12.9. The first-order valence-corrected chi connectivity index (χ1v) is 8.76. The molecule has 24 heavy (non-hydrogen) atoms. The van der Waals surface area contributed by atoms with Gasteiger partial charge in [-0.2, -0.15) is 0 Å². The van der Waals surface area contributed by atoms with Crippen LogP contribution in [0.3, 0.4) is 0 Å². The Hall–Kier alpha value is -2.17. The summed E-state index contributed by atoms with van der Waals surface area (Å²) in [6.45, 7) is 4.27. The molecular formula is C19H24N2O3. The molecule has 0 spiro atoms. The maximum atomic E-state index is 12.9. The quantitative estimate of drug-likeness (QED) is 0.801. The van der Waals surface area contributed by atoms with Gasteiger partial charge in [0.15, 0.2) is 5.78 Å². The molecular weight excluding hydrogens is 304 g/mol. The van der Waals surface area contributed by atoms with Crippen LogP contribution >= 0.6 is 0 Å². The fourth-order valence-electron chi connectivity index (χ4n) is 3.71. The minimum atomic E-state index is -0.139. The van der Waals surface area contributed by atoms with Crippen molar-refractivity contribution in [3.63, 3.8) is 0 Å². The number of rotatable bonds is 3. The molecule has 128 valence electrons. The second kappa shape index (κ2) is 7.16. The Bertz CT molecular complexity index is 650. The van der Waals surface area contributed by atoms with Gasteiger partial charge in [0, 0.05) is 31.7 Å². The third kappa shape index (κ3) is 3.35. The van der Waals surface area contributed by atoms with Gasteiger partial charge in [-0.15, -0.1) is 0 Å². The summed E-state index contributed by atoms with van der Waals surface area (Å²) < 4.78 is 0. The highest BCUT2D eigenvalue weighted by Crippen LogP contribution is 2.23. The lowest BCUT2D eigenvalue weighted by atomic mass is 9.95. The predicted molar refractivity (Wildman–Crippen MR) is 90.9 cm³/mol. The summed E-state index contributed by atoms with van der Waals surface area (Å²) in [7, 11) is 0. The molecule has 2 aliphatic rings. The highest BCUT2D eigenvalue weighted by molar-refractivity contribution is 6.07. The van der Waals surface area contributed by atoms with Crippen molar-refractivity contribution in [1.82, 2.24) is 9.80 Å². The second-order valence-electron chi connectivity index (χ2n) is 6.72. The number of carbonyl (C=O) groups is 3. The van der Waals surface area contributed by atoms with Gasteiger partial charge in [-0.25, -0.2) is 0 Å². The van der Waals surface area contributed by atoms with Gasteiger partial charge in [-0.3, -0.25) is 14.4 Å². The monoisotopic (exact) mass is 328 g/mol. The van der Waals surface area contributed by atoms with Crippen LogP contribution in [-0.2, 0) is 4.79 Å². The van der Waals surface area contributed by atoms with E-state index in [2.05, 4.69) is 0 Å². The van der Waals surface area contributed by atoms with Gasteiger partial charge in [-0.05, 0) is 38.7 Å². The molecule has 0 aliphatic carbocycles. The average Bonchev–Trinajstić information content (AvgIpc) is 3.15. The Morgan fingerprint density at radius 1 is 0.917 bits per heavy atom. The van der Waals surface area contributed by atoms with Crippen LogP contribution in [0.15, 0.2) is 24.3 Å². The number of nitrogens with zero attached hydrogens (tertiary/aromatic N) is 2. The van der Waals surface area contributed by atoms with Crippen LogP contribution in [0.25, 0.3) is 0 Å². The third-order valence-corrected chi connectivity index (χ3v) is 5.01. The van der Waals surface area contributed by atoms with E-state index in [1.54, 1.807) is 29.2 Å². The molecule has 1 aromatic carbocycles. The van der Waals surface area contributed by atoms with Crippen LogP contribution in [0.1, 0.15) is 53.3 Å². The molecule has 0 radical (unpaired) electrons. The lowest BCUT2D eigenvalue weighted by Gasteiger charge is -2.34. The summed E-state index contributed by atoms with van der Waals surface area (Å²) in [5.74, 6) is -0.171. The van der Waals surface area contributed by atoms with Gasteiger partial charge in [0.1, 0.15) is 0 Å². The first kappa shape index (κ1) is 16.7. The van der Waals surface area contributed by atoms with Gasteiger partial charge in [0.05, 0.1) is 11.5 Å².